The number of hydrogen-bond donors (Lipinski definition) is 1. The summed E-state index contributed by atoms with van der Waals surface area (Å²) in [4.78, 5) is 13.4. The molecule has 1 heterocycles. The fraction of sp³-hybridized carbons (Fsp3) is 0.125. The summed E-state index contributed by atoms with van der Waals surface area (Å²) in [7, 11) is 0. The molecule has 0 fully saturated rings. The zero-order valence-electron chi connectivity index (χ0n) is 7.04. The molecule has 0 aliphatic carbocycles. The van der Waals surface area contributed by atoms with Gasteiger partial charge in [0.2, 0.25) is 5.95 Å². The lowest BCUT2D eigenvalue weighted by Crippen LogP contribution is -2.08. The molecule has 15 heavy (non-hydrogen) atoms. The molecule has 0 saturated heterocycles. The average Bonchev–Trinajstić information content (AvgIpc) is 2.15. The number of aromatic nitrogens is 1. The van der Waals surface area contributed by atoms with E-state index >= 15 is 0 Å². The van der Waals surface area contributed by atoms with Gasteiger partial charge in [0.1, 0.15) is 6.07 Å². The van der Waals surface area contributed by atoms with E-state index in [1.165, 1.54) is 6.07 Å². The summed E-state index contributed by atoms with van der Waals surface area (Å²) >= 11 is 0. The highest BCUT2D eigenvalue weighted by molar-refractivity contribution is 5.90. The molecule has 0 aliphatic rings. The third-order valence-electron chi connectivity index (χ3n) is 1.63. The van der Waals surface area contributed by atoms with Crippen molar-refractivity contribution < 1.29 is 23.1 Å². The van der Waals surface area contributed by atoms with Crippen molar-refractivity contribution in [1.82, 2.24) is 4.98 Å². The van der Waals surface area contributed by atoms with Crippen molar-refractivity contribution in [2.75, 3.05) is 0 Å². The van der Waals surface area contributed by atoms with Gasteiger partial charge < -0.3 is 5.11 Å². The molecule has 0 atom stereocenters. The second-order valence-corrected chi connectivity index (χ2v) is 2.47. The van der Waals surface area contributed by atoms with E-state index in [2.05, 4.69) is 4.98 Å². The highest BCUT2D eigenvalue weighted by Crippen LogP contribution is 2.26. The van der Waals surface area contributed by atoms with Crippen LogP contribution in [0.25, 0.3) is 0 Å². The third kappa shape index (κ3) is 1.88. The molecule has 1 N–H and O–H groups in total. The highest BCUT2D eigenvalue weighted by atomic mass is 19.3. The molecule has 1 rings (SSSR count). The zero-order chi connectivity index (χ0) is 11.6. The molecule has 0 aromatic carbocycles. The highest BCUT2D eigenvalue weighted by Gasteiger charge is 2.25. The number of carbonyl (C=O) groups is 1. The van der Waals surface area contributed by atoms with Gasteiger partial charge in [-0.05, 0) is 0 Å². The Morgan fingerprint density at radius 1 is 1.60 bits per heavy atom. The molecule has 0 radical (unpaired) electrons. The number of pyridine rings is 1. The predicted octanol–water partition coefficient (Wildman–Crippen LogP) is 1.73. The van der Waals surface area contributed by atoms with Gasteiger partial charge in [-0.1, -0.05) is 0 Å². The number of aromatic carboxylic acids is 1. The largest absolute Gasteiger partial charge is 0.478 e. The van der Waals surface area contributed by atoms with Gasteiger partial charge in [-0.15, -0.1) is 0 Å². The first kappa shape index (κ1) is 11.0. The van der Waals surface area contributed by atoms with Crippen LogP contribution in [0.2, 0.25) is 0 Å². The summed E-state index contributed by atoms with van der Waals surface area (Å²) in [5, 5.41) is 17.0. The molecular weight excluding hydrogens is 213 g/mol. The van der Waals surface area contributed by atoms with Crippen LogP contribution in [-0.2, 0) is 0 Å². The summed E-state index contributed by atoms with van der Waals surface area (Å²) in [5.41, 5.74) is -2.92. The van der Waals surface area contributed by atoms with Crippen LogP contribution in [0.4, 0.5) is 13.2 Å². The van der Waals surface area contributed by atoms with E-state index in [0.717, 1.165) is 0 Å². The second-order valence-electron chi connectivity index (χ2n) is 2.47. The molecular formula is C8H3F3N2O2. The topological polar surface area (TPSA) is 74.0 Å². The first-order valence-corrected chi connectivity index (χ1v) is 3.59. The zero-order valence-corrected chi connectivity index (χ0v) is 7.04. The first-order valence-electron chi connectivity index (χ1n) is 3.59. The molecule has 1 aromatic rings. The van der Waals surface area contributed by atoms with Crippen molar-refractivity contribution in [3.63, 3.8) is 0 Å². The van der Waals surface area contributed by atoms with Crippen molar-refractivity contribution >= 4 is 5.97 Å². The Kier molecular flexibility index (Phi) is 2.90. The Hall–Kier alpha value is -2.10. The van der Waals surface area contributed by atoms with Crippen LogP contribution in [0.1, 0.15) is 27.9 Å². The van der Waals surface area contributed by atoms with Gasteiger partial charge >= 0.3 is 5.97 Å². The molecule has 0 unspecified atom stereocenters. The van der Waals surface area contributed by atoms with Gasteiger partial charge in [0.05, 0.1) is 16.7 Å². The lowest BCUT2D eigenvalue weighted by molar-refractivity contribution is 0.0695. The minimum Gasteiger partial charge on any atom is -0.478 e. The molecule has 0 aliphatic heterocycles. The molecule has 1 aromatic heterocycles. The number of rotatable bonds is 2. The van der Waals surface area contributed by atoms with Crippen LogP contribution >= 0.6 is 0 Å². The number of nitriles is 1. The van der Waals surface area contributed by atoms with Crippen LogP contribution < -0.4 is 0 Å². The Bertz CT molecular complexity index is 454. The van der Waals surface area contributed by atoms with Crippen molar-refractivity contribution in [3.8, 4) is 6.07 Å². The lowest BCUT2D eigenvalue weighted by Gasteiger charge is -2.05. The Labute approximate surface area is 81.6 Å². The summed E-state index contributed by atoms with van der Waals surface area (Å²) in [5.74, 6) is -3.15. The van der Waals surface area contributed by atoms with E-state index in [9.17, 15) is 18.0 Å². The first-order chi connectivity index (χ1) is 6.99. The SMILES string of the molecule is N#Cc1c(C(=O)O)cnc(F)c1C(F)F. The third-order valence-corrected chi connectivity index (χ3v) is 1.63. The Balaban J connectivity index is 3.56. The smallest absolute Gasteiger partial charge is 0.338 e. The maximum Gasteiger partial charge on any atom is 0.338 e. The minimum absolute atomic E-state index is 0.530. The molecule has 7 heteroatoms. The molecule has 78 valence electrons. The Morgan fingerprint density at radius 3 is 2.60 bits per heavy atom. The molecule has 0 amide bonds. The van der Waals surface area contributed by atoms with Crippen LogP contribution in [0.15, 0.2) is 6.20 Å². The van der Waals surface area contributed by atoms with Crippen molar-refractivity contribution in [2.24, 2.45) is 0 Å². The summed E-state index contributed by atoms with van der Waals surface area (Å²) in [6, 6.07) is 1.23. The Morgan fingerprint density at radius 2 is 2.20 bits per heavy atom. The van der Waals surface area contributed by atoms with E-state index in [1.54, 1.807) is 0 Å². The van der Waals surface area contributed by atoms with Gasteiger partial charge in [-0.2, -0.15) is 9.65 Å². The quantitative estimate of drug-likeness (QED) is 0.764. The number of nitrogens with zero attached hydrogens (tertiary/aromatic N) is 2. The number of halogens is 3. The fourth-order valence-electron chi connectivity index (χ4n) is 0.985. The molecule has 4 nitrogen and oxygen atoms in total. The monoisotopic (exact) mass is 216 g/mol. The van der Waals surface area contributed by atoms with Gasteiger partial charge in [-0.25, -0.2) is 18.6 Å². The summed E-state index contributed by atoms with van der Waals surface area (Å²) < 4.78 is 37.4. The normalized spacial score (nSPS) is 10.1. The van der Waals surface area contributed by atoms with E-state index in [0.29, 0.717) is 6.20 Å². The number of carboxylic acid groups (broad SMARTS) is 1. The van der Waals surface area contributed by atoms with Crippen molar-refractivity contribution in [1.29, 1.82) is 5.26 Å². The van der Waals surface area contributed by atoms with Gasteiger partial charge in [0, 0.05) is 6.20 Å². The van der Waals surface area contributed by atoms with Gasteiger partial charge in [0.25, 0.3) is 6.43 Å². The van der Waals surface area contributed by atoms with Crippen LogP contribution in [0.3, 0.4) is 0 Å². The summed E-state index contributed by atoms with van der Waals surface area (Å²) in [6.07, 6.45) is -2.76. The van der Waals surface area contributed by atoms with Crippen molar-refractivity contribution in [3.05, 3.63) is 28.8 Å². The predicted molar refractivity (Wildman–Crippen MR) is 40.8 cm³/mol. The van der Waals surface area contributed by atoms with E-state index in [4.69, 9.17) is 10.4 Å². The lowest BCUT2D eigenvalue weighted by atomic mass is 10.1. The minimum atomic E-state index is -3.29. The standard InChI is InChI=1S/C8H3F3N2O2/c9-6(10)5-3(1-12)4(8(14)15)2-13-7(5)11/h2,6H,(H,14,15). The van der Waals surface area contributed by atoms with E-state index in [-0.39, 0.29) is 0 Å². The molecule has 0 bridgehead atoms. The number of hydrogen-bond acceptors (Lipinski definition) is 3. The molecule has 0 saturated carbocycles. The van der Waals surface area contributed by atoms with Crippen molar-refractivity contribution in [2.45, 2.75) is 6.43 Å². The van der Waals surface area contributed by atoms with Crippen LogP contribution in [-0.4, -0.2) is 16.1 Å². The maximum absolute atomic E-state index is 12.8. The van der Waals surface area contributed by atoms with Gasteiger partial charge in [0.15, 0.2) is 0 Å². The van der Waals surface area contributed by atoms with Crippen LogP contribution in [0.5, 0.6) is 0 Å². The molecule has 0 spiro atoms. The van der Waals surface area contributed by atoms with Crippen LogP contribution in [0, 0.1) is 17.3 Å². The number of alkyl halides is 2. The average molecular weight is 216 g/mol. The van der Waals surface area contributed by atoms with E-state index < -0.39 is 35.0 Å². The number of carboxylic acids is 1. The fourth-order valence-corrected chi connectivity index (χ4v) is 0.985. The van der Waals surface area contributed by atoms with E-state index in [1.807, 2.05) is 0 Å². The van der Waals surface area contributed by atoms with Gasteiger partial charge in [-0.3, -0.25) is 0 Å². The summed E-state index contributed by atoms with van der Waals surface area (Å²) in [6.45, 7) is 0. The maximum atomic E-state index is 12.8. The second kappa shape index (κ2) is 3.96.